The van der Waals surface area contributed by atoms with E-state index in [1.807, 2.05) is 6.92 Å². The van der Waals surface area contributed by atoms with Crippen LogP contribution in [0.3, 0.4) is 0 Å². The maximum Gasteiger partial charge on any atom is 0.277 e. The van der Waals surface area contributed by atoms with Gasteiger partial charge in [-0.25, -0.2) is 5.43 Å². The van der Waals surface area contributed by atoms with Crippen molar-refractivity contribution in [3.63, 3.8) is 0 Å². The van der Waals surface area contributed by atoms with Crippen molar-refractivity contribution in [1.29, 1.82) is 0 Å². The molecule has 0 atom stereocenters. The molecule has 0 saturated heterocycles. The fourth-order valence-electron chi connectivity index (χ4n) is 1.94. The van der Waals surface area contributed by atoms with Crippen LogP contribution < -0.4 is 10.2 Å². The Bertz CT molecular complexity index is 744. The molecule has 1 amide bonds. The first-order valence-corrected chi connectivity index (χ1v) is 7.35. The van der Waals surface area contributed by atoms with Crippen LogP contribution in [0.4, 0.5) is 0 Å². The summed E-state index contributed by atoms with van der Waals surface area (Å²) >= 11 is 5.86. The predicted molar refractivity (Wildman–Crippen MR) is 90.1 cm³/mol. The number of carbonyl (C=O) groups is 1. The van der Waals surface area contributed by atoms with Crippen LogP contribution in [-0.4, -0.2) is 23.3 Å². The largest absolute Gasteiger partial charge is 0.507 e. The zero-order valence-electron chi connectivity index (χ0n) is 12.8. The normalized spacial score (nSPS) is 11.2. The van der Waals surface area contributed by atoms with Gasteiger partial charge in [0.15, 0.2) is 6.61 Å². The van der Waals surface area contributed by atoms with Crippen molar-refractivity contribution in [2.75, 3.05) is 6.61 Å². The Morgan fingerprint density at radius 2 is 2.04 bits per heavy atom. The molecule has 2 aromatic rings. The van der Waals surface area contributed by atoms with Crippen molar-refractivity contribution in [3.05, 3.63) is 58.6 Å². The number of carbonyl (C=O) groups excluding carboxylic acids is 1. The van der Waals surface area contributed by atoms with E-state index < -0.39 is 5.91 Å². The number of ether oxygens (including phenoxy) is 1. The number of halogens is 1. The average molecular weight is 333 g/mol. The standard InChI is InChI=1S/C17H17ClN2O3/c1-11-9-13(18)7-8-16(11)23-10-17(22)20-19-12(2)14-5-3-4-6-15(14)21/h3-9,21H,10H2,1-2H3,(H,20,22). The third-order valence-corrected chi connectivity index (χ3v) is 3.37. The summed E-state index contributed by atoms with van der Waals surface area (Å²) in [7, 11) is 0. The van der Waals surface area contributed by atoms with Crippen LogP contribution in [0.2, 0.25) is 5.02 Å². The van der Waals surface area contributed by atoms with Crippen molar-refractivity contribution in [3.8, 4) is 11.5 Å². The van der Waals surface area contributed by atoms with Crippen LogP contribution >= 0.6 is 11.6 Å². The van der Waals surface area contributed by atoms with Crippen molar-refractivity contribution in [2.24, 2.45) is 5.10 Å². The summed E-state index contributed by atoms with van der Waals surface area (Å²) in [6, 6.07) is 11.9. The summed E-state index contributed by atoms with van der Waals surface area (Å²) in [5.41, 5.74) is 4.30. The molecule has 6 heteroatoms. The molecule has 0 unspecified atom stereocenters. The highest BCUT2D eigenvalue weighted by Gasteiger charge is 2.07. The Morgan fingerprint density at radius 3 is 2.74 bits per heavy atom. The highest BCUT2D eigenvalue weighted by Crippen LogP contribution is 2.21. The van der Waals surface area contributed by atoms with Crippen LogP contribution in [0.25, 0.3) is 0 Å². The molecule has 0 spiro atoms. The van der Waals surface area contributed by atoms with Crippen molar-refractivity contribution in [1.82, 2.24) is 5.43 Å². The maximum atomic E-state index is 11.8. The molecule has 0 aliphatic rings. The molecule has 120 valence electrons. The van der Waals surface area contributed by atoms with E-state index in [1.165, 1.54) is 0 Å². The van der Waals surface area contributed by atoms with Crippen LogP contribution in [0.5, 0.6) is 11.5 Å². The number of hydrogen-bond acceptors (Lipinski definition) is 4. The number of aryl methyl sites for hydroxylation is 1. The molecule has 0 aliphatic carbocycles. The molecule has 23 heavy (non-hydrogen) atoms. The third-order valence-electron chi connectivity index (χ3n) is 3.14. The lowest BCUT2D eigenvalue weighted by Gasteiger charge is -2.09. The second kappa shape index (κ2) is 7.65. The Morgan fingerprint density at radius 1 is 1.30 bits per heavy atom. The fraction of sp³-hybridized carbons (Fsp3) is 0.176. The number of amides is 1. The number of para-hydroxylation sites is 1. The zero-order valence-corrected chi connectivity index (χ0v) is 13.6. The molecular weight excluding hydrogens is 316 g/mol. The van der Waals surface area contributed by atoms with E-state index in [9.17, 15) is 9.90 Å². The zero-order chi connectivity index (χ0) is 16.8. The highest BCUT2D eigenvalue weighted by molar-refractivity contribution is 6.30. The topological polar surface area (TPSA) is 70.9 Å². The minimum absolute atomic E-state index is 0.107. The molecule has 0 aromatic heterocycles. The van der Waals surface area contributed by atoms with Gasteiger partial charge in [0.25, 0.3) is 5.91 Å². The molecule has 0 aliphatic heterocycles. The first-order valence-electron chi connectivity index (χ1n) is 6.98. The fourth-order valence-corrected chi connectivity index (χ4v) is 2.16. The minimum atomic E-state index is -0.394. The van der Waals surface area contributed by atoms with E-state index in [2.05, 4.69) is 10.5 Å². The summed E-state index contributed by atoms with van der Waals surface area (Å²) in [6.45, 7) is 3.37. The van der Waals surface area contributed by atoms with Crippen LogP contribution in [0, 0.1) is 6.92 Å². The van der Waals surface area contributed by atoms with Gasteiger partial charge in [-0.2, -0.15) is 5.10 Å². The number of aromatic hydroxyl groups is 1. The molecule has 2 aromatic carbocycles. The molecule has 0 saturated carbocycles. The monoisotopic (exact) mass is 332 g/mol. The molecule has 0 radical (unpaired) electrons. The van der Waals surface area contributed by atoms with E-state index in [1.54, 1.807) is 49.4 Å². The van der Waals surface area contributed by atoms with E-state index in [-0.39, 0.29) is 12.4 Å². The van der Waals surface area contributed by atoms with Crippen LogP contribution in [-0.2, 0) is 4.79 Å². The number of phenols is 1. The summed E-state index contributed by atoms with van der Waals surface area (Å²) < 4.78 is 5.43. The Labute approximate surface area is 139 Å². The quantitative estimate of drug-likeness (QED) is 0.652. The molecule has 5 nitrogen and oxygen atoms in total. The highest BCUT2D eigenvalue weighted by atomic mass is 35.5. The van der Waals surface area contributed by atoms with Gasteiger partial charge in [0.1, 0.15) is 11.5 Å². The first kappa shape index (κ1) is 16.8. The first-order chi connectivity index (χ1) is 11.0. The smallest absolute Gasteiger partial charge is 0.277 e. The van der Waals surface area contributed by atoms with Gasteiger partial charge in [-0.3, -0.25) is 4.79 Å². The number of hydrogen-bond donors (Lipinski definition) is 2. The number of hydrazone groups is 1. The third kappa shape index (κ3) is 4.72. The number of nitrogens with zero attached hydrogens (tertiary/aromatic N) is 1. The Hall–Kier alpha value is -2.53. The van der Waals surface area contributed by atoms with Gasteiger partial charge < -0.3 is 9.84 Å². The van der Waals surface area contributed by atoms with Crippen LogP contribution in [0.15, 0.2) is 47.6 Å². The van der Waals surface area contributed by atoms with Gasteiger partial charge in [0.05, 0.1) is 5.71 Å². The van der Waals surface area contributed by atoms with Crippen molar-refractivity contribution < 1.29 is 14.6 Å². The number of nitrogens with one attached hydrogen (secondary N) is 1. The molecule has 0 fully saturated rings. The minimum Gasteiger partial charge on any atom is -0.507 e. The van der Waals surface area contributed by atoms with E-state index >= 15 is 0 Å². The lowest BCUT2D eigenvalue weighted by molar-refractivity contribution is -0.123. The number of rotatable bonds is 5. The van der Waals surface area contributed by atoms with Gasteiger partial charge in [0, 0.05) is 10.6 Å². The van der Waals surface area contributed by atoms with Gasteiger partial charge in [-0.1, -0.05) is 23.7 Å². The molecule has 2 N–H and O–H groups in total. The van der Waals surface area contributed by atoms with Gasteiger partial charge >= 0.3 is 0 Å². The van der Waals surface area contributed by atoms with Crippen molar-refractivity contribution in [2.45, 2.75) is 13.8 Å². The second-order valence-corrected chi connectivity index (χ2v) is 5.38. The van der Waals surface area contributed by atoms with Gasteiger partial charge in [-0.15, -0.1) is 0 Å². The Balaban J connectivity index is 1.92. The van der Waals surface area contributed by atoms with E-state index in [0.717, 1.165) is 5.56 Å². The van der Waals surface area contributed by atoms with E-state index in [4.69, 9.17) is 16.3 Å². The molecule has 0 heterocycles. The summed E-state index contributed by atoms with van der Waals surface area (Å²) in [6.07, 6.45) is 0. The number of phenolic OH excluding ortho intramolecular Hbond substituents is 1. The van der Waals surface area contributed by atoms with E-state index in [0.29, 0.717) is 22.0 Å². The molecular formula is C17H17ClN2O3. The molecule has 2 rings (SSSR count). The lowest BCUT2D eigenvalue weighted by atomic mass is 10.1. The van der Waals surface area contributed by atoms with Crippen molar-refractivity contribution >= 4 is 23.2 Å². The van der Waals surface area contributed by atoms with Crippen LogP contribution in [0.1, 0.15) is 18.1 Å². The SMILES string of the molecule is CC(=NNC(=O)COc1ccc(Cl)cc1C)c1ccccc1O. The summed E-state index contributed by atoms with van der Waals surface area (Å²) in [4.78, 5) is 11.8. The van der Waals surface area contributed by atoms with Gasteiger partial charge in [-0.05, 0) is 49.7 Å². The maximum absolute atomic E-state index is 11.8. The molecule has 0 bridgehead atoms. The average Bonchev–Trinajstić information content (AvgIpc) is 2.52. The van der Waals surface area contributed by atoms with Gasteiger partial charge in [0.2, 0.25) is 0 Å². The summed E-state index contributed by atoms with van der Waals surface area (Å²) in [5, 5.41) is 14.3. The predicted octanol–water partition coefficient (Wildman–Crippen LogP) is 3.27. The summed E-state index contributed by atoms with van der Waals surface area (Å²) in [5.74, 6) is 0.302. The second-order valence-electron chi connectivity index (χ2n) is 4.95. The number of benzene rings is 2. The lowest BCUT2D eigenvalue weighted by Crippen LogP contribution is -2.25. The Kier molecular flexibility index (Phi) is 5.60.